The lowest BCUT2D eigenvalue weighted by Crippen LogP contribution is -2.95. The van der Waals surface area contributed by atoms with Gasteiger partial charge in [0.25, 0.3) is 0 Å². The van der Waals surface area contributed by atoms with Crippen molar-refractivity contribution < 1.29 is 10.4 Å². The topological polar surface area (TPSA) is 36.8 Å². The van der Waals surface area contributed by atoms with Crippen LogP contribution in [-0.4, -0.2) is 17.3 Å². The maximum absolute atomic E-state index is 9.12. The van der Waals surface area contributed by atoms with Gasteiger partial charge in [0.1, 0.15) is 12.1 Å². The van der Waals surface area contributed by atoms with E-state index in [2.05, 4.69) is 36.5 Å². The smallest absolute Gasteiger partial charge is 0.114 e. The lowest BCUT2D eigenvalue weighted by atomic mass is 10.1. The molecule has 0 saturated heterocycles. The summed E-state index contributed by atoms with van der Waals surface area (Å²) in [6.45, 7) is 7.40. The summed E-state index contributed by atoms with van der Waals surface area (Å²) in [5.41, 5.74) is 2.61. The number of aliphatic hydroxyl groups excluding tert-OH is 1. The van der Waals surface area contributed by atoms with Crippen LogP contribution in [-0.2, 0) is 13.0 Å². The van der Waals surface area contributed by atoms with Gasteiger partial charge in [-0.25, -0.2) is 0 Å². The number of benzene rings is 1. The Kier molecular flexibility index (Phi) is 4.30. The van der Waals surface area contributed by atoms with Crippen molar-refractivity contribution in [2.45, 2.75) is 39.3 Å². The monoisotopic (exact) mass is 208 g/mol. The van der Waals surface area contributed by atoms with E-state index in [1.165, 1.54) is 11.1 Å². The van der Waals surface area contributed by atoms with Crippen molar-refractivity contribution in [3.8, 4) is 0 Å². The lowest BCUT2D eigenvalue weighted by molar-refractivity contribution is -0.736. The third kappa shape index (κ3) is 4.02. The molecular formula is C13H22NO+. The molecule has 1 aromatic carbocycles. The van der Waals surface area contributed by atoms with Gasteiger partial charge >= 0.3 is 0 Å². The van der Waals surface area contributed by atoms with Crippen LogP contribution in [0.2, 0.25) is 0 Å². The summed E-state index contributed by atoms with van der Waals surface area (Å²) in [5.74, 6) is 0. The van der Waals surface area contributed by atoms with Crippen LogP contribution in [0.15, 0.2) is 24.3 Å². The van der Waals surface area contributed by atoms with Crippen LogP contribution in [0.25, 0.3) is 0 Å². The summed E-state index contributed by atoms with van der Waals surface area (Å²) in [6, 6.07) is 8.69. The Morgan fingerprint density at radius 2 is 1.67 bits per heavy atom. The average Bonchev–Trinajstić information content (AvgIpc) is 2.27. The normalized spacial score (nSPS) is 11.7. The summed E-state index contributed by atoms with van der Waals surface area (Å²) in [4.78, 5) is 0. The third-order valence-electron chi connectivity index (χ3n) is 2.73. The van der Waals surface area contributed by atoms with Gasteiger partial charge in [0, 0.05) is 5.56 Å². The summed E-state index contributed by atoms with van der Waals surface area (Å²) in [5, 5.41) is 11.3. The fourth-order valence-electron chi connectivity index (χ4n) is 1.37. The molecule has 2 nitrogen and oxygen atoms in total. The first-order valence-electron chi connectivity index (χ1n) is 5.60. The van der Waals surface area contributed by atoms with E-state index in [4.69, 9.17) is 5.11 Å². The zero-order valence-electron chi connectivity index (χ0n) is 9.96. The van der Waals surface area contributed by atoms with E-state index in [9.17, 15) is 0 Å². The number of aryl methyl sites for hydroxylation is 1. The SMILES string of the molecule is CCc1ccc(C[NH2+]C(C)(C)CO)cc1. The zero-order chi connectivity index (χ0) is 11.3. The maximum atomic E-state index is 9.12. The summed E-state index contributed by atoms with van der Waals surface area (Å²) in [7, 11) is 0. The molecular weight excluding hydrogens is 186 g/mol. The molecule has 0 saturated carbocycles. The highest BCUT2D eigenvalue weighted by Gasteiger charge is 2.18. The predicted octanol–water partition coefficient (Wildman–Crippen LogP) is 1.08. The van der Waals surface area contributed by atoms with Crippen LogP contribution >= 0.6 is 0 Å². The van der Waals surface area contributed by atoms with E-state index in [-0.39, 0.29) is 12.1 Å². The molecule has 1 aromatic rings. The molecule has 84 valence electrons. The van der Waals surface area contributed by atoms with Gasteiger partial charge in [-0.2, -0.15) is 0 Å². The van der Waals surface area contributed by atoms with E-state index in [1.54, 1.807) is 0 Å². The van der Waals surface area contributed by atoms with Gasteiger partial charge in [0.2, 0.25) is 0 Å². The molecule has 2 heteroatoms. The van der Waals surface area contributed by atoms with Crippen LogP contribution in [0, 0.1) is 0 Å². The number of hydrogen-bond donors (Lipinski definition) is 2. The van der Waals surface area contributed by atoms with Crippen LogP contribution in [0.5, 0.6) is 0 Å². The number of nitrogens with two attached hydrogens (primary N) is 1. The Morgan fingerprint density at radius 3 is 2.13 bits per heavy atom. The minimum absolute atomic E-state index is 0.0799. The van der Waals surface area contributed by atoms with Gasteiger partial charge < -0.3 is 10.4 Å². The Labute approximate surface area is 92.3 Å². The second-order valence-electron chi connectivity index (χ2n) is 4.72. The van der Waals surface area contributed by atoms with Crippen LogP contribution in [0.3, 0.4) is 0 Å². The fraction of sp³-hybridized carbons (Fsp3) is 0.538. The van der Waals surface area contributed by atoms with Gasteiger partial charge in [0.15, 0.2) is 0 Å². The number of hydrogen-bond acceptors (Lipinski definition) is 1. The number of rotatable bonds is 5. The summed E-state index contributed by atoms with van der Waals surface area (Å²) < 4.78 is 0. The number of quaternary nitrogens is 1. The zero-order valence-corrected chi connectivity index (χ0v) is 9.96. The van der Waals surface area contributed by atoms with Crippen molar-refractivity contribution in [2.75, 3.05) is 6.61 Å². The molecule has 3 N–H and O–H groups in total. The van der Waals surface area contributed by atoms with Crippen molar-refractivity contribution >= 4 is 0 Å². The average molecular weight is 208 g/mol. The molecule has 0 atom stereocenters. The molecule has 0 fully saturated rings. The Bertz CT molecular complexity index is 290. The second-order valence-corrected chi connectivity index (χ2v) is 4.72. The van der Waals surface area contributed by atoms with E-state index in [0.29, 0.717) is 0 Å². The van der Waals surface area contributed by atoms with Crippen LogP contribution in [0.4, 0.5) is 0 Å². The lowest BCUT2D eigenvalue weighted by Gasteiger charge is -2.19. The highest BCUT2D eigenvalue weighted by Crippen LogP contribution is 2.04. The second kappa shape index (κ2) is 5.29. The summed E-state index contributed by atoms with van der Waals surface area (Å²) in [6.07, 6.45) is 1.09. The van der Waals surface area contributed by atoms with Crippen molar-refractivity contribution in [1.82, 2.24) is 0 Å². The molecule has 0 aliphatic rings. The fourth-order valence-corrected chi connectivity index (χ4v) is 1.37. The molecule has 0 bridgehead atoms. The third-order valence-corrected chi connectivity index (χ3v) is 2.73. The molecule has 0 aliphatic heterocycles. The Balaban J connectivity index is 2.51. The molecule has 0 aliphatic carbocycles. The quantitative estimate of drug-likeness (QED) is 0.746. The van der Waals surface area contributed by atoms with Gasteiger partial charge in [-0.3, -0.25) is 0 Å². The highest BCUT2D eigenvalue weighted by molar-refractivity contribution is 5.21. The minimum Gasteiger partial charge on any atom is -0.390 e. The van der Waals surface area contributed by atoms with Crippen molar-refractivity contribution in [1.29, 1.82) is 0 Å². The van der Waals surface area contributed by atoms with Crippen molar-refractivity contribution in [3.63, 3.8) is 0 Å². The largest absolute Gasteiger partial charge is 0.390 e. The predicted molar refractivity (Wildman–Crippen MR) is 62.6 cm³/mol. The Morgan fingerprint density at radius 1 is 1.13 bits per heavy atom. The maximum Gasteiger partial charge on any atom is 0.114 e. The van der Waals surface area contributed by atoms with Gasteiger partial charge in [-0.1, -0.05) is 31.2 Å². The van der Waals surface area contributed by atoms with E-state index < -0.39 is 0 Å². The molecule has 0 heterocycles. The van der Waals surface area contributed by atoms with Crippen molar-refractivity contribution in [3.05, 3.63) is 35.4 Å². The molecule has 0 radical (unpaired) electrons. The first kappa shape index (κ1) is 12.2. The van der Waals surface area contributed by atoms with Gasteiger partial charge in [-0.05, 0) is 25.8 Å². The summed E-state index contributed by atoms with van der Waals surface area (Å²) >= 11 is 0. The highest BCUT2D eigenvalue weighted by atomic mass is 16.3. The molecule has 1 rings (SSSR count). The van der Waals surface area contributed by atoms with Gasteiger partial charge in [-0.15, -0.1) is 0 Å². The molecule has 0 unspecified atom stereocenters. The first-order valence-corrected chi connectivity index (χ1v) is 5.60. The standard InChI is InChI=1S/C13H21NO/c1-4-11-5-7-12(8-6-11)9-14-13(2,3)10-15/h5-8,14-15H,4,9-10H2,1-3H3/p+1. The van der Waals surface area contributed by atoms with E-state index >= 15 is 0 Å². The Hall–Kier alpha value is -0.860. The van der Waals surface area contributed by atoms with E-state index in [1.807, 2.05) is 13.8 Å². The first-order chi connectivity index (χ1) is 7.07. The van der Waals surface area contributed by atoms with Crippen LogP contribution in [0.1, 0.15) is 31.9 Å². The molecule has 0 spiro atoms. The molecule has 15 heavy (non-hydrogen) atoms. The van der Waals surface area contributed by atoms with Gasteiger partial charge in [0.05, 0.1) is 6.61 Å². The minimum atomic E-state index is -0.0799. The van der Waals surface area contributed by atoms with Crippen molar-refractivity contribution in [2.24, 2.45) is 0 Å². The molecule has 0 aromatic heterocycles. The number of aliphatic hydroxyl groups is 1. The molecule has 0 amide bonds. The van der Waals surface area contributed by atoms with Crippen LogP contribution < -0.4 is 5.32 Å². The van der Waals surface area contributed by atoms with E-state index in [0.717, 1.165) is 13.0 Å².